The molecule has 1 aromatic carbocycles. The van der Waals surface area contributed by atoms with Gasteiger partial charge in [-0.1, -0.05) is 30.3 Å². The van der Waals surface area contributed by atoms with E-state index in [-0.39, 0.29) is 6.04 Å². The summed E-state index contributed by atoms with van der Waals surface area (Å²) in [7, 11) is 0. The average Bonchev–Trinajstić information content (AvgIpc) is 2.37. The van der Waals surface area contributed by atoms with E-state index in [1.54, 1.807) is 6.08 Å². The Morgan fingerprint density at radius 2 is 2.11 bits per heavy atom. The maximum absolute atomic E-state index is 10.5. The quantitative estimate of drug-likeness (QED) is 0.825. The maximum Gasteiger partial charge on any atom is 0.0805 e. The van der Waals surface area contributed by atoms with Gasteiger partial charge in [0.1, 0.15) is 0 Å². The molecule has 0 saturated heterocycles. The van der Waals surface area contributed by atoms with Crippen LogP contribution in [0.5, 0.6) is 0 Å². The Bertz CT molecular complexity index is 425. The van der Waals surface area contributed by atoms with Crippen LogP contribution in [0.15, 0.2) is 36.9 Å². The molecule has 0 amide bonds. The standard InChI is InChI=1S/C16H23NO/c1-4-10-16(3,18)13(2)17-11-9-14-7-5-6-8-15(14)12-17/h4-8,13,18H,1,9-12H2,2-3H3/t13-,16+/m1/s1. The molecule has 18 heavy (non-hydrogen) atoms. The minimum absolute atomic E-state index is 0.142. The van der Waals surface area contributed by atoms with E-state index >= 15 is 0 Å². The predicted octanol–water partition coefficient (Wildman–Crippen LogP) is 2.76. The van der Waals surface area contributed by atoms with Gasteiger partial charge in [0.25, 0.3) is 0 Å². The van der Waals surface area contributed by atoms with E-state index in [2.05, 4.69) is 42.7 Å². The largest absolute Gasteiger partial charge is 0.388 e. The molecule has 0 aliphatic carbocycles. The van der Waals surface area contributed by atoms with Crippen LogP contribution in [0.25, 0.3) is 0 Å². The fraction of sp³-hybridized carbons (Fsp3) is 0.500. The van der Waals surface area contributed by atoms with Gasteiger partial charge in [-0.2, -0.15) is 0 Å². The van der Waals surface area contributed by atoms with Crippen molar-refractivity contribution in [3.05, 3.63) is 48.0 Å². The lowest BCUT2D eigenvalue weighted by molar-refractivity contribution is -0.0289. The van der Waals surface area contributed by atoms with Crippen LogP contribution in [0.2, 0.25) is 0 Å². The van der Waals surface area contributed by atoms with Crippen molar-refractivity contribution in [1.82, 2.24) is 4.90 Å². The van der Waals surface area contributed by atoms with Crippen LogP contribution in [0.1, 0.15) is 31.4 Å². The first-order valence-electron chi connectivity index (χ1n) is 6.68. The summed E-state index contributed by atoms with van der Waals surface area (Å²) in [6, 6.07) is 8.74. The Hall–Kier alpha value is -1.12. The summed E-state index contributed by atoms with van der Waals surface area (Å²) in [5.41, 5.74) is 2.14. The third kappa shape index (κ3) is 2.65. The molecule has 0 spiro atoms. The predicted molar refractivity (Wildman–Crippen MR) is 75.5 cm³/mol. The zero-order valence-electron chi connectivity index (χ0n) is 11.4. The summed E-state index contributed by atoms with van der Waals surface area (Å²) in [5, 5.41) is 10.5. The Balaban J connectivity index is 2.11. The maximum atomic E-state index is 10.5. The second-order valence-electron chi connectivity index (χ2n) is 5.52. The molecule has 2 nitrogen and oxygen atoms in total. The zero-order chi connectivity index (χ0) is 13.2. The van der Waals surface area contributed by atoms with Crippen molar-refractivity contribution in [2.45, 2.75) is 44.9 Å². The van der Waals surface area contributed by atoms with Gasteiger partial charge in [0.05, 0.1) is 5.60 Å². The van der Waals surface area contributed by atoms with Crippen LogP contribution in [0.3, 0.4) is 0 Å². The molecule has 0 aromatic heterocycles. The molecular weight excluding hydrogens is 222 g/mol. The Kier molecular flexibility index (Phi) is 3.88. The van der Waals surface area contributed by atoms with Gasteiger partial charge in [0.15, 0.2) is 0 Å². The van der Waals surface area contributed by atoms with E-state index in [1.807, 2.05) is 6.92 Å². The molecule has 1 heterocycles. The highest BCUT2D eigenvalue weighted by molar-refractivity contribution is 5.29. The fourth-order valence-electron chi connectivity index (χ4n) is 2.70. The van der Waals surface area contributed by atoms with Gasteiger partial charge in [-0.05, 0) is 37.8 Å². The summed E-state index contributed by atoms with van der Waals surface area (Å²) in [6.07, 6.45) is 3.51. The van der Waals surface area contributed by atoms with E-state index in [0.717, 1.165) is 19.5 Å². The van der Waals surface area contributed by atoms with Crippen LogP contribution >= 0.6 is 0 Å². The Morgan fingerprint density at radius 1 is 1.44 bits per heavy atom. The number of rotatable bonds is 4. The molecule has 0 saturated carbocycles. The third-order valence-corrected chi connectivity index (χ3v) is 4.17. The minimum Gasteiger partial charge on any atom is -0.388 e. The van der Waals surface area contributed by atoms with Crippen LogP contribution in [0, 0.1) is 0 Å². The molecule has 2 atom stereocenters. The van der Waals surface area contributed by atoms with Gasteiger partial charge in [-0.15, -0.1) is 6.58 Å². The van der Waals surface area contributed by atoms with Crippen molar-refractivity contribution >= 4 is 0 Å². The van der Waals surface area contributed by atoms with E-state index in [9.17, 15) is 5.11 Å². The van der Waals surface area contributed by atoms with Gasteiger partial charge < -0.3 is 5.11 Å². The SMILES string of the molecule is C=CC[C@](C)(O)[C@@H](C)N1CCc2ccccc2C1. The summed E-state index contributed by atoms with van der Waals surface area (Å²) in [5.74, 6) is 0. The number of nitrogens with zero attached hydrogens (tertiary/aromatic N) is 1. The van der Waals surface area contributed by atoms with Gasteiger partial charge in [0, 0.05) is 19.1 Å². The normalized spacial score (nSPS) is 20.8. The molecule has 1 aromatic rings. The van der Waals surface area contributed by atoms with E-state index in [0.29, 0.717) is 6.42 Å². The molecule has 1 aliphatic heterocycles. The monoisotopic (exact) mass is 245 g/mol. The van der Waals surface area contributed by atoms with Crippen LogP contribution in [-0.4, -0.2) is 28.2 Å². The summed E-state index contributed by atoms with van der Waals surface area (Å²) in [6.45, 7) is 9.70. The van der Waals surface area contributed by atoms with E-state index in [1.165, 1.54) is 11.1 Å². The van der Waals surface area contributed by atoms with Crippen molar-refractivity contribution in [3.8, 4) is 0 Å². The molecule has 1 aliphatic rings. The number of hydrogen-bond donors (Lipinski definition) is 1. The molecule has 0 unspecified atom stereocenters. The van der Waals surface area contributed by atoms with Crippen LogP contribution in [-0.2, 0) is 13.0 Å². The van der Waals surface area contributed by atoms with Gasteiger partial charge in [-0.3, -0.25) is 4.90 Å². The first kappa shape index (κ1) is 13.3. The smallest absolute Gasteiger partial charge is 0.0805 e. The van der Waals surface area contributed by atoms with Crippen molar-refractivity contribution in [3.63, 3.8) is 0 Å². The van der Waals surface area contributed by atoms with Crippen molar-refractivity contribution in [1.29, 1.82) is 0 Å². The molecular formula is C16H23NO. The first-order valence-corrected chi connectivity index (χ1v) is 6.68. The second kappa shape index (κ2) is 5.25. The lowest BCUT2D eigenvalue weighted by Gasteiger charge is -2.41. The van der Waals surface area contributed by atoms with Crippen LogP contribution < -0.4 is 0 Å². The number of aliphatic hydroxyl groups is 1. The second-order valence-corrected chi connectivity index (χ2v) is 5.52. The average molecular weight is 245 g/mol. The molecule has 2 rings (SSSR count). The first-order chi connectivity index (χ1) is 8.54. The molecule has 0 fully saturated rings. The Morgan fingerprint density at radius 3 is 2.78 bits per heavy atom. The lowest BCUT2D eigenvalue weighted by Crippen LogP contribution is -2.50. The number of hydrogen-bond acceptors (Lipinski definition) is 2. The number of benzene rings is 1. The van der Waals surface area contributed by atoms with Gasteiger partial charge >= 0.3 is 0 Å². The summed E-state index contributed by atoms with van der Waals surface area (Å²) in [4.78, 5) is 2.37. The summed E-state index contributed by atoms with van der Waals surface area (Å²) >= 11 is 0. The zero-order valence-corrected chi connectivity index (χ0v) is 11.4. The highest BCUT2D eigenvalue weighted by Gasteiger charge is 2.33. The lowest BCUT2D eigenvalue weighted by atomic mass is 9.90. The highest BCUT2D eigenvalue weighted by atomic mass is 16.3. The fourth-order valence-corrected chi connectivity index (χ4v) is 2.70. The molecule has 1 N–H and O–H groups in total. The van der Waals surface area contributed by atoms with Crippen LogP contribution in [0.4, 0.5) is 0 Å². The summed E-state index contributed by atoms with van der Waals surface area (Å²) < 4.78 is 0. The third-order valence-electron chi connectivity index (χ3n) is 4.17. The highest BCUT2D eigenvalue weighted by Crippen LogP contribution is 2.26. The number of fused-ring (bicyclic) bond motifs is 1. The molecule has 2 heteroatoms. The van der Waals surface area contributed by atoms with Gasteiger partial charge in [0.2, 0.25) is 0 Å². The molecule has 0 radical (unpaired) electrons. The van der Waals surface area contributed by atoms with Crippen molar-refractivity contribution < 1.29 is 5.11 Å². The van der Waals surface area contributed by atoms with E-state index < -0.39 is 5.60 Å². The molecule has 0 bridgehead atoms. The minimum atomic E-state index is -0.700. The topological polar surface area (TPSA) is 23.5 Å². The van der Waals surface area contributed by atoms with Crippen molar-refractivity contribution in [2.24, 2.45) is 0 Å². The molecule has 98 valence electrons. The van der Waals surface area contributed by atoms with Gasteiger partial charge in [-0.25, -0.2) is 0 Å². The van der Waals surface area contributed by atoms with E-state index in [4.69, 9.17) is 0 Å². The Labute approximate surface area is 110 Å². The van der Waals surface area contributed by atoms with Crippen molar-refractivity contribution in [2.75, 3.05) is 6.54 Å².